The molecule has 0 amide bonds. The molecule has 2 N–H and O–H groups in total. The largest absolute Gasteiger partial charge is 0.457 e. The molecule has 2 aromatic heterocycles. The molecule has 0 fully saturated rings. The van der Waals surface area contributed by atoms with E-state index in [4.69, 9.17) is 4.42 Å². The molecule has 4 aromatic rings. The lowest BCUT2D eigenvalue weighted by molar-refractivity contribution is -0.253. The van der Waals surface area contributed by atoms with Gasteiger partial charge in [0.2, 0.25) is 5.60 Å². The fourth-order valence-electron chi connectivity index (χ4n) is 3.08. The molecule has 1 unspecified atom stereocenters. The van der Waals surface area contributed by atoms with Crippen molar-refractivity contribution in [1.29, 1.82) is 0 Å². The van der Waals surface area contributed by atoms with Crippen LogP contribution in [0.25, 0.3) is 21.9 Å². The van der Waals surface area contributed by atoms with E-state index in [2.05, 4.69) is 4.98 Å². The monoisotopic (exact) mass is 359 g/mol. The van der Waals surface area contributed by atoms with E-state index in [0.717, 1.165) is 6.20 Å². The van der Waals surface area contributed by atoms with Crippen molar-refractivity contribution < 1.29 is 22.7 Å². The maximum absolute atomic E-state index is 14.0. The second-order valence-electron chi connectivity index (χ2n) is 5.93. The van der Waals surface area contributed by atoms with E-state index in [-0.39, 0.29) is 16.4 Å². The molecule has 0 radical (unpaired) electrons. The minimum Gasteiger partial charge on any atom is -0.457 e. The van der Waals surface area contributed by atoms with E-state index >= 15 is 0 Å². The number of benzene rings is 2. The Morgan fingerprint density at radius 3 is 2.35 bits per heavy atom. The van der Waals surface area contributed by atoms with E-state index in [1.807, 2.05) is 0 Å². The summed E-state index contributed by atoms with van der Waals surface area (Å²) in [5, 5.41) is 11.1. The summed E-state index contributed by atoms with van der Waals surface area (Å²) in [4.78, 5) is 15.0. The van der Waals surface area contributed by atoms with Gasteiger partial charge in [-0.25, -0.2) is 0 Å². The van der Waals surface area contributed by atoms with Gasteiger partial charge in [0.25, 0.3) is 0 Å². The second kappa shape index (κ2) is 5.47. The van der Waals surface area contributed by atoms with Crippen LogP contribution in [0.2, 0.25) is 0 Å². The van der Waals surface area contributed by atoms with E-state index in [1.165, 1.54) is 24.3 Å². The van der Waals surface area contributed by atoms with Crippen LogP contribution in [0.4, 0.5) is 13.2 Å². The highest BCUT2D eigenvalue weighted by Gasteiger charge is 2.59. The van der Waals surface area contributed by atoms with Crippen LogP contribution in [0.3, 0.4) is 0 Å². The van der Waals surface area contributed by atoms with Crippen LogP contribution in [0.1, 0.15) is 11.3 Å². The van der Waals surface area contributed by atoms with Gasteiger partial charge in [-0.2, -0.15) is 13.2 Å². The van der Waals surface area contributed by atoms with Crippen molar-refractivity contribution in [3.63, 3.8) is 0 Å². The third kappa shape index (κ3) is 2.24. The van der Waals surface area contributed by atoms with Gasteiger partial charge in [0.1, 0.15) is 5.58 Å². The standard InChI is InChI=1S/C19H12F3NO3/c20-19(21,22)18(25,13-10-23-14-7-3-1-5-11(13)14)17-9-15(24)12-6-2-4-8-16(12)26-17/h1-10,23,25H. The Labute approximate surface area is 144 Å². The first-order valence-corrected chi connectivity index (χ1v) is 7.71. The fourth-order valence-corrected chi connectivity index (χ4v) is 3.08. The fraction of sp³-hybridized carbons (Fsp3) is 0.105. The Kier molecular flexibility index (Phi) is 3.45. The first-order valence-electron chi connectivity index (χ1n) is 7.71. The molecule has 1 atom stereocenters. The smallest absolute Gasteiger partial charge is 0.428 e. The molecule has 2 aromatic carbocycles. The van der Waals surface area contributed by atoms with Gasteiger partial charge in [-0.15, -0.1) is 0 Å². The van der Waals surface area contributed by atoms with Gasteiger partial charge in [0, 0.05) is 28.7 Å². The molecule has 0 saturated heterocycles. The minimum absolute atomic E-state index is 0.0301. The molecule has 0 aliphatic heterocycles. The lowest BCUT2D eigenvalue weighted by Gasteiger charge is -2.29. The van der Waals surface area contributed by atoms with Gasteiger partial charge < -0.3 is 14.5 Å². The maximum atomic E-state index is 14.0. The summed E-state index contributed by atoms with van der Waals surface area (Å²) in [6.07, 6.45) is -4.04. The van der Waals surface area contributed by atoms with Gasteiger partial charge in [-0.3, -0.25) is 4.79 Å². The van der Waals surface area contributed by atoms with Crippen LogP contribution >= 0.6 is 0 Å². The van der Waals surface area contributed by atoms with E-state index in [1.54, 1.807) is 24.3 Å². The van der Waals surface area contributed by atoms with Crippen LogP contribution in [0, 0.1) is 0 Å². The molecule has 2 heterocycles. The molecule has 0 spiro atoms. The van der Waals surface area contributed by atoms with Crippen molar-refractivity contribution in [1.82, 2.24) is 4.98 Å². The summed E-state index contributed by atoms with van der Waals surface area (Å²) in [5.41, 5.74) is -4.18. The lowest BCUT2D eigenvalue weighted by Crippen LogP contribution is -2.43. The first-order chi connectivity index (χ1) is 12.3. The number of hydrogen-bond donors (Lipinski definition) is 2. The number of fused-ring (bicyclic) bond motifs is 2. The summed E-state index contributed by atoms with van der Waals surface area (Å²) in [6, 6.07) is 12.9. The highest BCUT2D eigenvalue weighted by molar-refractivity contribution is 5.85. The van der Waals surface area contributed by atoms with Crippen LogP contribution in [0.5, 0.6) is 0 Å². The third-order valence-corrected chi connectivity index (χ3v) is 4.38. The summed E-state index contributed by atoms with van der Waals surface area (Å²) >= 11 is 0. The van der Waals surface area contributed by atoms with Crippen LogP contribution < -0.4 is 5.43 Å². The zero-order chi connectivity index (χ0) is 18.5. The number of rotatable bonds is 2. The van der Waals surface area contributed by atoms with Crippen molar-refractivity contribution in [2.75, 3.05) is 0 Å². The molecule has 7 heteroatoms. The Morgan fingerprint density at radius 1 is 0.962 bits per heavy atom. The van der Waals surface area contributed by atoms with Gasteiger partial charge in [-0.1, -0.05) is 30.3 Å². The van der Waals surface area contributed by atoms with E-state index in [0.29, 0.717) is 11.6 Å². The number of aromatic nitrogens is 1. The molecule has 0 aliphatic carbocycles. The van der Waals surface area contributed by atoms with E-state index < -0.39 is 28.5 Å². The normalized spacial score (nSPS) is 14.6. The highest BCUT2D eigenvalue weighted by Crippen LogP contribution is 2.46. The number of aromatic amines is 1. The zero-order valence-electron chi connectivity index (χ0n) is 13.2. The molecule has 0 saturated carbocycles. The highest BCUT2D eigenvalue weighted by atomic mass is 19.4. The van der Waals surface area contributed by atoms with Crippen LogP contribution in [-0.2, 0) is 5.60 Å². The number of halogens is 3. The number of alkyl halides is 3. The van der Waals surface area contributed by atoms with Gasteiger partial charge in [0.05, 0.1) is 5.39 Å². The van der Waals surface area contributed by atoms with E-state index in [9.17, 15) is 23.1 Å². The zero-order valence-corrected chi connectivity index (χ0v) is 13.2. The maximum Gasteiger partial charge on any atom is 0.428 e. The summed E-state index contributed by atoms with van der Waals surface area (Å²) in [5.74, 6) is -0.876. The Bertz CT molecular complexity index is 1180. The number of H-pyrrole nitrogens is 1. The molecule has 4 rings (SSSR count). The van der Waals surface area contributed by atoms with Crippen molar-refractivity contribution >= 4 is 21.9 Å². The average Bonchev–Trinajstić information content (AvgIpc) is 3.04. The Hall–Kier alpha value is -3.06. The van der Waals surface area contributed by atoms with Crippen molar-refractivity contribution in [3.8, 4) is 0 Å². The Morgan fingerprint density at radius 2 is 1.62 bits per heavy atom. The predicted molar refractivity (Wildman–Crippen MR) is 89.8 cm³/mol. The van der Waals surface area contributed by atoms with Gasteiger partial charge >= 0.3 is 6.18 Å². The molecule has 26 heavy (non-hydrogen) atoms. The van der Waals surface area contributed by atoms with Crippen LogP contribution in [-0.4, -0.2) is 16.3 Å². The van der Waals surface area contributed by atoms with Crippen molar-refractivity contribution in [2.24, 2.45) is 0 Å². The molecular formula is C19H12F3NO3. The summed E-state index contributed by atoms with van der Waals surface area (Å²) < 4.78 is 47.3. The SMILES string of the molecule is O=c1cc(C(O)(c2c[nH]c3ccccc23)C(F)(F)F)oc2ccccc12. The average molecular weight is 359 g/mol. The van der Waals surface area contributed by atoms with Crippen LogP contribution in [0.15, 0.2) is 70.0 Å². The molecule has 0 aliphatic rings. The van der Waals surface area contributed by atoms with Crippen molar-refractivity contribution in [3.05, 3.63) is 82.3 Å². The molecule has 0 bridgehead atoms. The number of nitrogens with one attached hydrogen (secondary N) is 1. The van der Waals surface area contributed by atoms with Gasteiger partial charge in [0.15, 0.2) is 11.2 Å². The lowest BCUT2D eigenvalue weighted by atomic mass is 9.89. The molecular weight excluding hydrogens is 347 g/mol. The quantitative estimate of drug-likeness (QED) is 0.567. The number of para-hydroxylation sites is 2. The summed E-state index contributed by atoms with van der Waals surface area (Å²) in [7, 11) is 0. The molecule has 132 valence electrons. The first kappa shape index (κ1) is 16.4. The minimum atomic E-state index is -5.11. The van der Waals surface area contributed by atoms with Gasteiger partial charge in [-0.05, 0) is 18.2 Å². The topological polar surface area (TPSA) is 66.2 Å². The number of aliphatic hydroxyl groups is 1. The number of hydrogen-bond acceptors (Lipinski definition) is 3. The Balaban J connectivity index is 2.07. The predicted octanol–water partition coefficient (Wildman–Crippen LogP) is 4.07. The third-order valence-electron chi connectivity index (χ3n) is 4.38. The second-order valence-corrected chi connectivity index (χ2v) is 5.93. The summed E-state index contributed by atoms with van der Waals surface area (Å²) in [6.45, 7) is 0. The van der Waals surface area contributed by atoms with Crippen molar-refractivity contribution in [2.45, 2.75) is 11.8 Å². The molecule has 4 nitrogen and oxygen atoms in total.